The zero-order valence-corrected chi connectivity index (χ0v) is 12.8. The molecule has 0 N–H and O–H groups in total. The van der Waals surface area contributed by atoms with Gasteiger partial charge in [0.2, 0.25) is 0 Å². The summed E-state index contributed by atoms with van der Waals surface area (Å²) in [7, 11) is 0. The number of hydrogen-bond donors (Lipinski definition) is 0. The summed E-state index contributed by atoms with van der Waals surface area (Å²) in [4.78, 5) is 0. The lowest BCUT2D eigenvalue weighted by Crippen LogP contribution is -2.18. The van der Waals surface area contributed by atoms with Gasteiger partial charge in [-0.3, -0.25) is 0 Å². The maximum atomic E-state index is 3.98. The Morgan fingerprint density at radius 3 is 2.30 bits per heavy atom. The summed E-state index contributed by atoms with van der Waals surface area (Å²) in [6.07, 6.45) is 2.03. The van der Waals surface area contributed by atoms with Crippen molar-refractivity contribution in [2.24, 2.45) is 0 Å². The van der Waals surface area contributed by atoms with Crippen molar-refractivity contribution in [1.29, 1.82) is 0 Å². The zero-order valence-electron chi connectivity index (χ0n) is 12.8. The zero-order chi connectivity index (χ0) is 14.5. The maximum Gasteiger partial charge on any atom is 0.0158 e. The van der Waals surface area contributed by atoms with Crippen molar-refractivity contribution in [2.75, 3.05) is 0 Å². The number of hydrogen-bond acceptors (Lipinski definition) is 0. The minimum absolute atomic E-state index is 0.0138. The third kappa shape index (κ3) is 1.67. The average Bonchev–Trinajstić information content (AvgIpc) is 2.68. The number of rotatable bonds is 2. The van der Waals surface area contributed by atoms with E-state index in [9.17, 15) is 0 Å². The van der Waals surface area contributed by atoms with Crippen LogP contribution >= 0.6 is 0 Å². The number of fused-ring (bicyclic) bond motifs is 3. The van der Waals surface area contributed by atoms with Crippen molar-refractivity contribution in [3.63, 3.8) is 0 Å². The van der Waals surface area contributed by atoms with Crippen LogP contribution in [0.3, 0.4) is 0 Å². The van der Waals surface area contributed by atoms with Crippen LogP contribution in [0.25, 0.3) is 11.1 Å². The van der Waals surface area contributed by atoms with E-state index in [4.69, 9.17) is 0 Å². The average molecular weight is 262 g/mol. The standard InChI is InChI=1S/C20H22/c1-6-19(2,3)14-11-12-16-15-9-7-8-10-17(15)20(4,5)18(16)13-14/h6-13H,1H2,2-5H3. The fourth-order valence-electron chi connectivity index (χ4n) is 3.22. The Kier molecular flexibility index (Phi) is 2.69. The SMILES string of the molecule is C=CC(C)(C)c1ccc2c(c1)C(C)(C)c1ccccc1-2. The smallest absolute Gasteiger partial charge is 0.0158 e. The van der Waals surface area contributed by atoms with Crippen LogP contribution in [0.5, 0.6) is 0 Å². The fraction of sp³-hybridized carbons (Fsp3) is 0.300. The van der Waals surface area contributed by atoms with Gasteiger partial charge in [0.05, 0.1) is 0 Å². The second-order valence-corrected chi connectivity index (χ2v) is 6.86. The molecule has 0 bridgehead atoms. The molecule has 20 heavy (non-hydrogen) atoms. The molecule has 2 aromatic carbocycles. The lowest BCUT2D eigenvalue weighted by atomic mass is 9.78. The van der Waals surface area contributed by atoms with Crippen LogP contribution in [0.2, 0.25) is 0 Å². The Balaban J connectivity index is 2.25. The quantitative estimate of drug-likeness (QED) is 0.631. The highest BCUT2D eigenvalue weighted by Crippen LogP contribution is 2.49. The molecule has 0 spiro atoms. The van der Waals surface area contributed by atoms with Gasteiger partial charge in [0.15, 0.2) is 0 Å². The van der Waals surface area contributed by atoms with Crippen LogP contribution in [-0.2, 0) is 10.8 Å². The third-order valence-electron chi connectivity index (χ3n) is 4.84. The van der Waals surface area contributed by atoms with E-state index in [1.165, 1.54) is 27.8 Å². The van der Waals surface area contributed by atoms with Crippen LogP contribution in [0, 0.1) is 0 Å². The molecule has 1 aliphatic carbocycles. The van der Waals surface area contributed by atoms with Crippen molar-refractivity contribution in [3.8, 4) is 11.1 Å². The molecule has 0 unspecified atom stereocenters. The highest BCUT2D eigenvalue weighted by Gasteiger charge is 2.35. The molecule has 0 amide bonds. The molecular weight excluding hydrogens is 240 g/mol. The first-order chi connectivity index (χ1) is 9.38. The lowest BCUT2D eigenvalue weighted by Gasteiger charge is -2.25. The van der Waals surface area contributed by atoms with E-state index in [1.54, 1.807) is 0 Å². The molecule has 0 atom stereocenters. The van der Waals surface area contributed by atoms with Crippen molar-refractivity contribution in [3.05, 3.63) is 71.8 Å². The highest BCUT2D eigenvalue weighted by atomic mass is 14.4. The van der Waals surface area contributed by atoms with E-state index in [-0.39, 0.29) is 10.8 Å². The molecule has 0 nitrogen and oxygen atoms in total. The van der Waals surface area contributed by atoms with E-state index in [2.05, 4.69) is 76.7 Å². The van der Waals surface area contributed by atoms with Gasteiger partial charge in [-0.2, -0.15) is 0 Å². The highest BCUT2D eigenvalue weighted by molar-refractivity contribution is 5.81. The van der Waals surface area contributed by atoms with E-state index < -0.39 is 0 Å². The first kappa shape index (κ1) is 13.2. The van der Waals surface area contributed by atoms with Crippen molar-refractivity contribution >= 4 is 0 Å². The second-order valence-electron chi connectivity index (χ2n) is 6.86. The molecule has 1 aliphatic rings. The summed E-state index contributed by atoms with van der Waals surface area (Å²) in [5.41, 5.74) is 7.07. The molecule has 0 saturated carbocycles. The van der Waals surface area contributed by atoms with E-state index in [0.29, 0.717) is 0 Å². The first-order valence-electron chi connectivity index (χ1n) is 7.26. The largest absolute Gasteiger partial charge is 0.102 e. The number of allylic oxidation sites excluding steroid dienone is 1. The monoisotopic (exact) mass is 262 g/mol. The second kappa shape index (κ2) is 4.09. The molecule has 102 valence electrons. The number of benzene rings is 2. The Bertz CT molecular complexity index is 687. The van der Waals surface area contributed by atoms with Crippen LogP contribution in [-0.4, -0.2) is 0 Å². The summed E-state index contributed by atoms with van der Waals surface area (Å²) in [6.45, 7) is 13.1. The van der Waals surface area contributed by atoms with Gasteiger partial charge in [0.1, 0.15) is 0 Å². The molecule has 0 aromatic heterocycles. The Hall–Kier alpha value is -1.82. The Morgan fingerprint density at radius 2 is 1.60 bits per heavy atom. The van der Waals surface area contributed by atoms with Crippen molar-refractivity contribution in [2.45, 2.75) is 38.5 Å². The lowest BCUT2D eigenvalue weighted by molar-refractivity contribution is 0.642. The maximum absolute atomic E-state index is 3.98. The van der Waals surface area contributed by atoms with Crippen molar-refractivity contribution < 1.29 is 0 Å². The van der Waals surface area contributed by atoms with Gasteiger partial charge in [-0.25, -0.2) is 0 Å². The van der Waals surface area contributed by atoms with E-state index >= 15 is 0 Å². The van der Waals surface area contributed by atoms with Gasteiger partial charge >= 0.3 is 0 Å². The molecule has 3 rings (SSSR count). The van der Waals surface area contributed by atoms with Gasteiger partial charge in [0.25, 0.3) is 0 Å². The summed E-state index contributed by atoms with van der Waals surface area (Å²) in [6, 6.07) is 15.7. The molecule has 0 saturated heterocycles. The minimum Gasteiger partial charge on any atom is -0.102 e. The summed E-state index contributed by atoms with van der Waals surface area (Å²) in [5, 5.41) is 0. The predicted octanol–water partition coefficient (Wildman–Crippen LogP) is 5.46. The van der Waals surface area contributed by atoms with E-state index in [1.807, 2.05) is 6.08 Å². The van der Waals surface area contributed by atoms with Gasteiger partial charge in [-0.15, -0.1) is 6.58 Å². The van der Waals surface area contributed by atoms with Gasteiger partial charge in [-0.1, -0.05) is 76.2 Å². The van der Waals surface area contributed by atoms with Crippen LogP contribution < -0.4 is 0 Å². The van der Waals surface area contributed by atoms with Crippen LogP contribution in [0.1, 0.15) is 44.4 Å². The van der Waals surface area contributed by atoms with Gasteiger partial charge in [0, 0.05) is 10.8 Å². The van der Waals surface area contributed by atoms with Crippen LogP contribution in [0.4, 0.5) is 0 Å². The van der Waals surface area contributed by atoms with Gasteiger partial charge in [-0.05, 0) is 27.8 Å². The normalized spacial score (nSPS) is 15.6. The molecule has 0 radical (unpaired) electrons. The van der Waals surface area contributed by atoms with Crippen molar-refractivity contribution in [1.82, 2.24) is 0 Å². The molecule has 0 heteroatoms. The molecule has 2 aromatic rings. The fourth-order valence-corrected chi connectivity index (χ4v) is 3.22. The van der Waals surface area contributed by atoms with Gasteiger partial charge < -0.3 is 0 Å². The topological polar surface area (TPSA) is 0 Å². The molecule has 0 aliphatic heterocycles. The predicted molar refractivity (Wildman–Crippen MR) is 87.2 cm³/mol. The first-order valence-corrected chi connectivity index (χ1v) is 7.26. The summed E-state index contributed by atoms with van der Waals surface area (Å²) in [5.74, 6) is 0. The summed E-state index contributed by atoms with van der Waals surface area (Å²) >= 11 is 0. The van der Waals surface area contributed by atoms with Crippen LogP contribution in [0.15, 0.2) is 55.1 Å². The molecule has 0 heterocycles. The Labute approximate surface area is 122 Å². The third-order valence-corrected chi connectivity index (χ3v) is 4.84. The Morgan fingerprint density at radius 1 is 0.950 bits per heavy atom. The summed E-state index contributed by atoms with van der Waals surface area (Å²) < 4.78 is 0. The minimum atomic E-state index is 0.0138. The molecular formula is C20H22. The van der Waals surface area contributed by atoms with E-state index in [0.717, 1.165) is 0 Å². The molecule has 0 fully saturated rings.